The fourth-order valence-corrected chi connectivity index (χ4v) is 4.06. The number of nitrogens with two attached hydrogens (primary N) is 1. The van der Waals surface area contributed by atoms with E-state index < -0.39 is 6.09 Å². The molecule has 1 unspecified atom stereocenters. The Bertz CT molecular complexity index is 1260. The molecule has 10 nitrogen and oxygen atoms in total. The molecule has 0 spiro atoms. The molecule has 5 rings (SSSR count). The number of nitrogens with one attached hydrogen (secondary N) is 1. The Balaban J connectivity index is 1.51. The Kier molecular flexibility index (Phi) is 4.91. The fraction of sp³-hybridized carbons (Fsp3) is 0.333. The van der Waals surface area contributed by atoms with Gasteiger partial charge in [-0.1, -0.05) is 6.07 Å². The van der Waals surface area contributed by atoms with Crippen LogP contribution in [-0.2, 0) is 11.3 Å². The Morgan fingerprint density at radius 3 is 3.00 bits per heavy atom. The van der Waals surface area contributed by atoms with Gasteiger partial charge in [0.2, 0.25) is 0 Å². The van der Waals surface area contributed by atoms with Crippen molar-refractivity contribution in [3.05, 3.63) is 36.7 Å². The predicted octanol–water partition coefficient (Wildman–Crippen LogP) is 3.00. The van der Waals surface area contributed by atoms with E-state index in [2.05, 4.69) is 20.5 Å². The lowest BCUT2D eigenvalue weighted by Crippen LogP contribution is -2.25. The number of hydrogen-bond donors (Lipinski definition) is 3. The topological polar surface area (TPSA) is 133 Å². The van der Waals surface area contributed by atoms with Crippen molar-refractivity contribution in [2.75, 3.05) is 18.9 Å². The van der Waals surface area contributed by atoms with Crippen LogP contribution in [0.4, 0.5) is 10.6 Å². The van der Waals surface area contributed by atoms with E-state index in [9.17, 15) is 4.79 Å². The third kappa shape index (κ3) is 3.66. The van der Waals surface area contributed by atoms with Gasteiger partial charge < -0.3 is 20.9 Å². The minimum atomic E-state index is -1.06. The van der Waals surface area contributed by atoms with Crippen molar-refractivity contribution in [2.24, 2.45) is 0 Å². The number of hydrogen-bond acceptors (Lipinski definition) is 6. The van der Waals surface area contributed by atoms with Crippen LogP contribution in [0.15, 0.2) is 36.7 Å². The van der Waals surface area contributed by atoms with Crippen LogP contribution in [0.2, 0.25) is 0 Å². The lowest BCUT2D eigenvalue weighted by molar-refractivity contribution is -0.0383. The Morgan fingerprint density at radius 1 is 1.29 bits per heavy atom. The zero-order valence-corrected chi connectivity index (χ0v) is 16.9. The molecule has 3 aromatic heterocycles. The Morgan fingerprint density at radius 2 is 2.19 bits per heavy atom. The summed E-state index contributed by atoms with van der Waals surface area (Å²) < 4.78 is 9.53. The number of amides is 1. The summed E-state index contributed by atoms with van der Waals surface area (Å²) in [6.45, 7) is 1.41. The van der Waals surface area contributed by atoms with E-state index >= 15 is 0 Å². The van der Waals surface area contributed by atoms with E-state index in [1.54, 1.807) is 17.1 Å². The highest BCUT2D eigenvalue weighted by Crippen LogP contribution is 2.32. The molecule has 10 heteroatoms. The van der Waals surface area contributed by atoms with Crippen LogP contribution in [0.25, 0.3) is 33.1 Å². The van der Waals surface area contributed by atoms with E-state index in [4.69, 9.17) is 15.6 Å². The molecule has 1 aliphatic heterocycles. The first kappa shape index (κ1) is 19.3. The number of nitrogens with zero attached hydrogens (tertiary/aromatic N) is 5. The summed E-state index contributed by atoms with van der Waals surface area (Å²) in [6, 6.07) is 7.99. The van der Waals surface area contributed by atoms with E-state index in [1.165, 1.54) is 0 Å². The zero-order chi connectivity index (χ0) is 21.4. The van der Waals surface area contributed by atoms with Gasteiger partial charge in [0.25, 0.3) is 0 Å². The molecule has 160 valence electrons. The maximum absolute atomic E-state index is 10.7. The third-order valence-corrected chi connectivity index (χ3v) is 5.54. The number of nitrogen functional groups attached to an aromatic ring is 1. The van der Waals surface area contributed by atoms with Crippen LogP contribution in [0, 0.1) is 0 Å². The molecule has 1 aliphatic rings. The van der Waals surface area contributed by atoms with Crippen LogP contribution >= 0.6 is 0 Å². The van der Waals surface area contributed by atoms with Gasteiger partial charge in [-0.25, -0.2) is 14.5 Å². The first-order valence-corrected chi connectivity index (χ1v) is 10.3. The van der Waals surface area contributed by atoms with Crippen molar-refractivity contribution < 1.29 is 14.6 Å². The zero-order valence-electron chi connectivity index (χ0n) is 16.9. The molecule has 0 bridgehead atoms. The minimum absolute atomic E-state index is 0.0509. The first-order valence-electron chi connectivity index (χ1n) is 10.3. The van der Waals surface area contributed by atoms with Gasteiger partial charge >= 0.3 is 6.09 Å². The normalized spacial score (nSPS) is 16.7. The van der Waals surface area contributed by atoms with Gasteiger partial charge in [0, 0.05) is 36.5 Å². The number of ether oxygens (including phenoxy) is 1. The van der Waals surface area contributed by atoms with Gasteiger partial charge in [-0.3, -0.25) is 4.68 Å². The summed E-state index contributed by atoms with van der Waals surface area (Å²) in [4.78, 5) is 15.3. The maximum Gasteiger partial charge on any atom is 0.404 e. The van der Waals surface area contributed by atoms with Crippen LogP contribution < -0.4 is 11.1 Å². The molecule has 1 amide bonds. The van der Waals surface area contributed by atoms with Crippen molar-refractivity contribution >= 4 is 33.7 Å². The molecule has 4 heterocycles. The molecule has 0 radical (unpaired) electrons. The lowest BCUT2D eigenvalue weighted by atomic mass is 10.1. The summed E-state index contributed by atoms with van der Waals surface area (Å²) in [7, 11) is 0. The van der Waals surface area contributed by atoms with Gasteiger partial charge in [0.05, 0.1) is 23.1 Å². The molecule has 4 aromatic rings. The van der Waals surface area contributed by atoms with Gasteiger partial charge in [-0.15, -0.1) is 0 Å². The number of anilines is 1. The van der Waals surface area contributed by atoms with E-state index in [0.717, 1.165) is 58.9 Å². The van der Waals surface area contributed by atoms with Crippen LogP contribution in [-0.4, -0.2) is 48.9 Å². The first-order chi connectivity index (χ1) is 15.1. The number of aromatic nitrogens is 5. The fourth-order valence-electron chi connectivity index (χ4n) is 4.06. The summed E-state index contributed by atoms with van der Waals surface area (Å²) in [6.07, 6.45) is 5.63. The minimum Gasteiger partial charge on any atom is -0.465 e. The molecule has 0 saturated carbocycles. The van der Waals surface area contributed by atoms with Crippen molar-refractivity contribution in [3.8, 4) is 11.3 Å². The Labute approximate surface area is 177 Å². The molecule has 1 aromatic carbocycles. The largest absolute Gasteiger partial charge is 0.465 e. The summed E-state index contributed by atoms with van der Waals surface area (Å²) in [5, 5.41) is 21.8. The maximum atomic E-state index is 10.7. The molecule has 1 fully saturated rings. The number of carbonyl (C=O) groups is 1. The number of rotatable bonds is 5. The molecule has 0 aliphatic carbocycles. The van der Waals surface area contributed by atoms with Gasteiger partial charge in [0.15, 0.2) is 6.23 Å². The number of pyridine rings is 1. The monoisotopic (exact) mass is 421 g/mol. The lowest BCUT2D eigenvalue weighted by Gasteiger charge is -2.24. The second kappa shape index (κ2) is 7.88. The van der Waals surface area contributed by atoms with Crippen LogP contribution in [0.3, 0.4) is 0 Å². The second-order valence-electron chi connectivity index (χ2n) is 7.60. The molecule has 4 N–H and O–H groups in total. The van der Waals surface area contributed by atoms with Crippen molar-refractivity contribution in [3.63, 3.8) is 0 Å². The Hall–Kier alpha value is -3.66. The average Bonchev–Trinajstić information content (AvgIpc) is 3.42. The average molecular weight is 421 g/mol. The van der Waals surface area contributed by atoms with E-state index in [-0.39, 0.29) is 12.8 Å². The summed E-state index contributed by atoms with van der Waals surface area (Å²) >= 11 is 0. The molecule has 1 saturated heterocycles. The molecule has 31 heavy (non-hydrogen) atoms. The van der Waals surface area contributed by atoms with E-state index in [0.29, 0.717) is 12.4 Å². The van der Waals surface area contributed by atoms with Crippen molar-refractivity contribution in [2.45, 2.75) is 32.0 Å². The summed E-state index contributed by atoms with van der Waals surface area (Å²) in [5.74, 6) is 0.390. The number of benzene rings is 1. The third-order valence-electron chi connectivity index (χ3n) is 5.54. The van der Waals surface area contributed by atoms with Crippen LogP contribution in [0.5, 0.6) is 0 Å². The molecule has 1 atom stereocenters. The number of carboxylic acid groups (broad SMARTS) is 1. The van der Waals surface area contributed by atoms with Crippen molar-refractivity contribution in [1.82, 2.24) is 29.9 Å². The molecular weight excluding hydrogens is 398 g/mol. The summed E-state index contributed by atoms with van der Waals surface area (Å²) in [5.41, 5.74) is 9.66. The van der Waals surface area contributed by atoms with E-state index in [1.807, 2.05) is 28.9 Å². The van der Waals surface area contributed by atoms with Gasteiger partial charge in [0.1, 0.15) is 11.3 Å². The highest BCUT2D eigenvalue weighted by Gasteiger charge is 2.20. The van der Waals surface area contributed by atoms with Crippen LogP contribution in [0.1, 0.15) is 25.5 Å². The highest BCUT2D eigenvalue weighted by molar-refractivity contribution is 6.08. The van der Waals surface area contributed by atoms with Gasteiger partial charge in [-0.2, -0.15) is 10.2 Å². The SMILES string of the molecule is Nc1nc2cc(-c3ccnn3C3CCCCO3)ccc2c2nn(CCNC(=O)O)cc12. The molecular formula is C21H23N7O3. The highest BCUT2D eigenvalue weighted by atomic mass is 16.5. The number of fused-ring (bicyclic) bond motifs is 3. The quantitative estimate of drug-likeness (QED) is 0.451. The smallest absolute Gasteiger partial charge is 0.404 e. The van der Waals surface area contributed by atoms with Gasteiger partial charge in [-0.05, 0) is 37.5 Å². The standard InChI is InChI=1S/C21H23N7O3/c22-20-15-12-27(9-8-23-21(29)30)26-19(15)14-5-4-13(11-16(14)25-20)17-6-7-24-28(17)18-3-1-2-10-31-18/h4-7,11-12,18,23H,1-3,8-10H2,(H2,22,25)(H,29,30). The second-order valence-corrected chi connectivity index (χ2v) is 7.60. The predicted molar refractivity (Wildman–Crippen MR) is 116 cm³/mol. The van der Waals surface area contributed by atoms with Crippen molar-refractivity contribution in [1.29, 1.82) is 0 Å².